The van der Waals surface area contributed by atoms with Gasteiger partial charge in [0.05, 0.1) is 6.10 Å². The Bertz CT molecular complexity index is 385. The molecule has 0 saturated heterocycles. The van der Waals surface area contributed by atoms with Gasteiger partial charge in [-0.25, -0.2) is 0 Å². The highest BCUT2D eigenvalue weighted by Gasteiger charge is 2.34. The van der Waals surface area contributed by atoms with Crippen LogP contribution in [-0.4, -0.2) is 31.8 Å². The fourth-order valence-electron chi connectivity index (χ4n) is 3.13. The monoisotopic (exact) mass is 276 g/mol. The summed E-state index contributed by atoms with van der Waals surface area (Å²) in [6, 6.07) is 10.9. The van der Waals surface area contributed by atoms with E-state index in [2.05, 4.69) is 42.6 Å². The number of nitrogens with one attached hydrogen (secondary N) is 1. The number of hydrogen-bond donors (Lipinski definition) is 2. The van der Waals surface area contributed by atoms with Gasteiger partial charge in [-0.15, -0.1) is 0 Å². The number of nitrogens with two attached hydrogens (primary N) is 1. The van der Waals surface area contributed by atoms with E-state index in [-0.39, 0.29) is 11.6 Å². The van der Waals surface area contributed by atoms with E-state index in [9.17, 15) is 0 Å². The summed E-state index contributed by atoms with van der Waals surface area (Å²) in [4.78, 5) is 0. The molecule has 0 aliphatic heterocycles. The van der Waals surface area contributed by atoms with E-state index in [1.165, 1.54) is 18.4 Å². The van der Waals surface area contributed by atoms with Gasteiger partial charge in [0.25, 0.3) is 0 Å². The third kappa shape index (κ3) is 3.81. The fourth-order valence-corrected chi connectivity index (χ4v) is 3.13. The highest BCUT2D eigenvalue weighted by molar-refractivity contribution is 5.20. The summed E-state index contributed by atoms with van der Waals surface area (Å²) in [6.07, 6.45) is 4.98. The lowest BCUT2D eigenvalue weighted by Crippen LogP contribution is -2.54. The molecule has 1 saturated carbocycles. The van der Waals surface area contributed by atoms with Crippen LogP contribution in [0.15, 0.2) is 30.3 Å². The molecule has 20 heavy (non-hydrogen) atoms. The average molecular weight is 276 g/mol. The zero-order valence-electron chi connectivity index (χ0n) is 12.8. The molecule has 1 aliphatic carbocycles. The molecule has 3 N–H and O–H groups in total. The molecular weight excluding hydrogens is 248 g/mol. The molecule has 0 radical (unpaired) electrons. The largest absolute Gasteiger partial charge is 0.380 e. The average Bonchev–Trinajstić information content (AvgIpc) is 2.54. The molecule has 1 fully saturated rings. The normalized spacial score (nSPS) is 28.2. The van der Waals surface area contributed by atoms with Crippen molar-refractivity contribution in [3.8, 4) is 0 Å². The summed E-state index contributed by atoms with van der Waals surface area (Å²) in [7, 11) is 1.76. The molecule has 0 amide bonds. The number of hydrogen-bond acceptors (Lipinski definition) is 3. The minimum absolute atomic E-state index is 0.109. The van der Waals surface area contributed by atoms with Crippen LogP contribution in [0.5, 0.6) is 0 Å². The summed E-state index contributed by atoms with van der Waals surface area (Å²) in [5, 5.41) is 3.66. The summed E-state index contributed by atoms with van der Waals surface area (Å²) in [5.41, 5.74) is 7.63. The van der Waals surface area contributed by atoms with Gasteiger partial charge in [0.2, 0.25) is 0 Å². The first kappa shape index (κ1) is 15.5. The van der Waals surface area contributed by atoms with Crippen LogP contribution in [-0.2, 0) is 4.74 Å². The Kier molecular flexibility index (Phi) is 5.58. The van der Waals surface area contributed by atoms with Crippen molar-refractivity contribution in [2.24, 2.45) is 5.73 Å². The maximum Gasteiger partial charge on any atom is 0.0667 e. The maximum atomic E-state index is 6.05. The van der Waals surface area contributed by atoms with Crippen molar-refractivity contribution in [3.63, 3.8) is 0 Å². The van der Waals surface area contributed by atoms with E-state index < -0.39 is 0 Å². The second-order valence-corrected chi connectivity index (χ2v) is 6.10. The fraction of sp³-hybridized carbons (Fsp3) is 0.647. The van der Waals surface area contributed by atoms with E-state index in [1.54, 1.807) is 7.11 Å². The molecule has 1 unspecified atom stereocenters. The Morgan fingerprint density at radius 2 is 1.95 bits per heavy atom. The van der Waals surface area contributed by atoms with Gasteiger partial charge in [-0.3, -0.25) is 0 Å². The Labute approximate surface area is 122 Å². The Morgan fingerprint density at radius 3 is 2.50 bits per heavy atom. The lowest BCUT2D eigenvalue weighted by molar-refractivity contribution is 0.0996. The second kappa shape index (κ2) is 7.21. The van der Waals surface area contributed by atoms with Crippen LogP contribution in [0.3, 0.4) is 0 Å². The van der Waals surface area contributed by atoms with Crippen molar-refractivity contribution >= 4 is 0 Å². The predicted octanol–water partition coefficient (Wildman–Crippen LogP) is 2.67. The summed E-state index contributed by atoms with van der Waals surface area (Å²) in [5.74, 6) is 0.692. The molecule has 3 heteroatoms. The van der Waals surface area contributed by atoms with Gasteiger partial charge in [-0.05, 0) is 44.1 Å². The first-order valence-electron chi connectivity index (χ1n) is 7.72. The smallest absolute Gasteiger partial charge is 0.0667 e. The van der Waals surface area contributed by atoms with Gasteiger partial charge in [-0.2, -0.15) is 0 Å². The van der Waals surface area contributed by atoms with Crippen LogP contribution in [0.4, 0.5) is 0 Å². The third-order valence-electron chi connectivity index (χ3n) is 4.77. The minimum atomic E-state index is 0.109. The molecule has 0 heterocycles. The molecule has 2 rings (SSSR count). The molecule has 0 spiro atoms. The Balaban J connectivity index is 1.90. The number of rotatable bonds is 6. The predicted molar refractivity (Wildman–Crippen MR) is 83.9 cm³/mol. The third-order valence-corrected chi connectivity index (χ3v) is 4.77. The van der Waals surface area contributed by atoms with Crippen LogP contribution in [0.25, 0.3) is 0 Å². The molecular formula is C17H28N2O. The Hall–Kier alpha value is -0.900. The van der Waals surface area contributed by atoms with Crippen LogP contribution in [0, 0.1) is 0 Å². The first-order valence-corrected chi connectivity index (χ1v) is 7.72. The van der Waals surface area contributed by atoms with E-state index in [0.717, 1.165) is 19.4 Å². The molecule has 1 aliphatic rings. The van der Waals surface area contributed by atoms with Gasteiger partial charge in [0, 0.05) is 25.7 Å². The van der Waals surface area contributed by atoms with E-state index in [0.29, 0.717) is 12.5 Å². The van der Waals surface area contributed by atoms with Crippen molar-refractivity contribution < 1.29 is 4.74 Å². The molecule has 3 nitrogen and oxygen atoms in total. The zero-order valence-corrected chi connectivity index (χ0v) is 12.8. The van der Waals surface area contributed by atoms with Crippen LogP contribution in [0.2, 0.25) is 0 Å². The van der Waals surface area contributed by atoms with Crippen molar-refractivity contribution in [2.45, 2.75) is 50.2 Å². The lowest BCUT2D eigenvalue weighted by atomic mass is 9.74. The van der Waals surface area contributed by atoms with E-state index in [4.69, 9.17) is 10.5 Å². The number of methoxy groups -OCH3 is 1. The van der Waals surface area contributed by atoms with Crippen molar-refractivity contribution in [2.75, 3.05) is 20.2 Å². The molecule has 1 aromatic carbocycles. The number of benzene rings is 1. The molecule has 0 aromatic heterocycles. The molecule has 112 valence electrons. The van der Waals surface area contributed by atoms with Crippen LogP contribution in [0.1, 0.15) is 44.1 Å². The van der Waals surface area contributed by atoms with Crippen molar-refractivity contribution in [1.82, 2.24) is 5.32 Å². The molecule has 1 atom stereocenters. The van der Waals surface area contributed by atoms with Gasteiger partial charge in [0.1, 0.15) is 0 Å². The maximum absolute atomic E-state index is 6.05. The lowest BCUT2D eigenvalue weighted by Gasteiger charge is -2.41. The van der Waals surface area contributed by atoms with Crippen LogP contribution >= 0.6 is 0 Å². The highest BCUT2D eigenvalue weighted by atomic mass is 16.5. The topological polar surface area (TPSA) is 47.3 Å². The standard InChI is InChI=1S/C17H28N2O/c1-14(20-2)12-19-17(13-18)10-8-16(9-11-17)15-6-4-3-5-7-15/h3-7,14,16,19H,8-13,18H2,1-2H3. The highest BCUT2D eigenvalue weighted by Crippen LogP contribution is 2.37. The summed E-state index contributed by atoms with van der Waals surface area (Å²) >= 11 is 0. The summed E-state index contributed by atoms with van der Waals surface area (Å²) in [6.45, 7) is 3.68. The minimum Gasteiger partial charge on any atom is -0.380 e. The van der Waals surface area contributed by atoms with Gasteiger partial charge >= 0.3 is 0 Å². The van der Waals surface area contributed by atoms with Gasteiger partial charge in [-0.1, -0.05) is 30.3 Å². The quantitative estimate of drug-likeness (QED) is 0.840. The van der Waals surface area contributed by atoms with Gasteiger partial charge < -0.3 is 15.8 Å². The van der Waals surface area contributed by atoms with Crippen molar-refractivity contribution in [1.29, 1.82) is 0 Å². The SMILES string of the molecule is COC(C)CNC1(CN)CCC(c2ccccc2)CC1. The van der Waals surface area contributed by atoms with Crippen molar-refractivity contribution in [3.05, 3.63) is 35.9 Å². The van der Waals surface area contributed by atoms with E-state index >= 15 is 0 Å². The summed E-state index contributed by atoms with van der Waals surface area (Å²) < 4.78 is 5.32. The first-order chi connectivity index (χ1) is 9.69. The van der Waals surface area contributed by atoms with Crippen LogP contribution < -0.4 is 11.1 Å². The zero-order chi connectivity index (χ0) is 14.4. The molecule has 0 bridgehead atoms. The molecule has 1 aromatic rings. The van der Waals surface area contributed by atoms with Gasteiger partial charge in [0.15, 0.2) is 0 Å². The Morgan fingerprint density at radius 1 is 1.30 bits per heavy atom. The van der Waals surface area contributed by atoms with E-state index in [1.807, 2.05) is 0 Å². The second-order valence-electron chi connectivity index (χ2n) is 6.10. The number of ether oxygens (including phenoxy) is 1.